The fourth-order valence-corrected chi connectivity index (χ4v) is 4.05. The summed E-state index contributed by atoms with van der Waals surface area (Å²) in [7, 11) is 5.96. The van der Waals surface area contributed by atoms with Crippen LogP contribution in [0.1, 0.15) is 10.4 Å². The number of rotatable bonds is 7. The van der Waals surface area contributed by atoms with Gasteiger partial charge in [-0.2, -0.15) is 0 Å². The van der Waals surface area contributed by atoms with Crippen LogP contribution in [0.25, 0.3) is 0 Å². The van der Waals surface area contributed by atoms with Gasteiger partial charge in [-0.1, -0.05) is 18.2 Å². The predicted octanol–water partition coefficient (Wildman–Crippen LogP) is 2.59. The zero-order valence-electron chi connectivity index (χ0n) is 16.6. The summed E-state index contributed by atoms with van der Waals surface area (Å²) in [6.45, 7) is 6.18. The predicted molar refractivity (Wildman–Crippen MR) is 113 cm³/mol. The summed E-state index contributed by atoms with van der Waals surface area (Å²) in [6.07, 6.45) is 0. The largest absolute Gasteiger partial charge is 0.378 e. The van der Waals surface area contributed by atoms with E-state index in [2.05, 4.69) is 56.5 Å². The molecule has 1 aliphatic rings. The van der Waals surface area contributed by atoms with E-state index in [9.17, 15) is 4.79 Å². The molecule has 0 N–H and O–H groups in total. The summed E-state index contributed by atoms with van der Waals surface area (Å²) in [6, 6.07) is 12.7. The Morgan fingerprint density at radius 1 is 1.00 bits per heavy atom. The quantitative estimate of drug-likeness (QED) is 0.732. The van der Waals surface area contributed by atoms with Crippen molar-refractivity contribution in [3.05, 3.63) is 52.2 Å². The molecule has 1 aromatic heterocycles. The molecule has 0 atom stereocenters. The second-order valence-corrected chi connectivity index (χ2v) is 8.47. The van der Waals surface area contributed by atoms with Gasteiger partial charge in [0.25, 0.3) is 0 Å². The lowest BCUT2D eigenvalue weighted by Gasteiger charge is -2.34. The Morgan fingerprint density at radius 2 is 1.67 bits per heavy atom. The first-order valence-corrected chi connectivity index (χ1v) is 10.4. The Bertz CT molecular complexity index is 706. The molecular formula is C21H30N4OS. The minimum Gasteiger partial charge on any atom is -0.378 e. The molecule has 1 saturated heterocycles. The average Bonchev–Trinajstić information content (AvgIpc) is 3.16. The Kier molecular flexibility index (Phi) is 6.88. The summed E-state index contributed by atoms with van der Waals surface area (Å²) < 4.78 is 0. The molecule has 1 amide bonds. The van der Waals surface area contributed by atoms with Crippen LogP contribution in [0.15, 0.2) is 41.8 Å². The fraction of sp³-hybridized carbons (Fsp3) is 0.476. The van der Waals surface area contributed by atoms with Crippen molar-refractivity contribution in [2.75, 3.05) is 58.8 Å². The Morgan fingerprint density at radius 3 is 2.26 bits per heavy atom. The van der Waals surface area contributed by atoms with Crippen molar-refractivity contribution in [2.24, 2.45) is 0 Å². The number of thiophene rings is 1. The fourth-order valence-electron chi connectivity index (χ4n) is 3.30. The molecule has 0 unspecified atom stereocenters. The Balaban J connectivity index is 1.42. The van der Waals surface area contributed by atoms with Crippen LogP contribution >= 0.6 is 11.3 Å². The summed E-state index contributed by atoms with van der Waals surface area (Å²) in [5, 5.41) is 2.13. The van der Waals surface area contributed by atoms with Crippen LogP contribution in [0.3, 0.4) is 0 Å². The molecule has 0 aliphatic carbocycles. The van der Waals surface area contributed by atoms with Crippen molar-refractivity contribution in [3.63, 3.8) is 0 Å². The van der Waals surface area contributed by atoms with Crippen molar-refractivity contribution in [3.8, 4) is 0 Å². The number of benzene rings is 1. The van der Waals surface area contributed by atoms with Crippen LogP contribution in [-0.4, -0.2) is 74.5 Å². The molecule has 1 aromatic carbocycles. The minimum atomic E-state index is 0.193. The average molecular weight is 387 g/mol. The molecule has 0 spiro atoms. The molecule has 146 valence electrons. The molecular weight excluding hydrogens is 356 g/mol. The maximum Gasteiger partial charge on any atom is 0.236 e. The highest BCUT2D eigenvalue weighted by Gasteiger charge is 2.20. The number of hydrogen-bond donors (Lipinski definition) is 0. The van der Waals surface area contributed by atoms with Crippen LogP contribution in [0.2, 0.25) is 0 Å². The molecule has 3 rings (SSSR count). The third-order valence-corrected chi connectivity index (χ3v) is 5.94. The Labute approximate surface area is 166 Å². The molecule has 27 heavy (non-hydrogen) atoms. The van der Waals surface area contributed by atoms with E-state index in [4.69, 9.17) is 0 Å². The van der Waals surface area contributed by atoms with Gasteiger partial charge in [-0.25, -0.2) is 0 Å². The highest BCUT2D eigenvalue weighted by atomic mass is 32.1. The van der Waals surface area contributed by atoms with Crippen LogP contribution in [0.4, 0.5) is 5.69 Å². The number of piperazine rings is 1. The van der Waals surface area contributed by atoms with Crippen molar-refractivity contribution in [2.45, 2.75) is 13.1 Å². The molecule has 0 saturated carbocycles. The molecule has 1 aliphatic heterocycles. The van der Waals surface area contributed by atoms with E-state index in [1.165, 1.54) is 10.6 Å². The topological polar surface area (TPSA) is 30.0 Å². The van der Waals surface area contributed by atoms with Crippen molar-refractivity contribution < 1.29 is 4.79 Å². The number of nitrogens with zero attached hydrogens (tertiary/aromatic N) is 4. The van der Waals surface area contributed by atoms with E-state index in [-0.39, 0.29) is 5.91 Å². The Hall–Kier alpha value is -1.89. The van der Waals surface area contributed by atoms with Crippen molar-refractivity contribution >= 4 is 22.9 Å². The minimum absolute atomic E-state index is 0.193. The van der Waals surface area contributed by atoms with Gasteiger partial charge in [0, 0.05) is 71.0 Å². The van der Waals surface area contributed by atoms with Gasteiger partial charge in [-0.05, 0) is 29.1 Å². The van der Waals surface area contributed by atoms with Gasteiger partial charge in [0.2, 0.25) is 5.91 Å². The highest BCUT2D eigenvalue weighted by Crippen LogP contribution is 2.15. The SMILES string of the molecule is CN(Cc1ccc(N(C)C)cc1)C(=O)CN1CCN(Cc2cccs2)CC1. The smallest absolute Gasteiger partial charge is 0.236 e. The molecule has 2 aromatic rings. The summed E-state index contributed by atoms with van der Waals surface area (Å²) in [5.74, 6) is 0.193. The van der Waals surface area contributed by atoms with E-state index in [1.54, 1.807) is 0 Å². The second kappa shape index (κ2) is 9.35. The van der Waals surface area contributed by atoms with Gasteiger partial charge in [-0.15, -0.1) is 11.3 Å². The van der Waals surface area contributed by atoms with Gasteiger partial charge < -0.3 is 9.80 Å². The molecule has 6 heteroatoms. The van der Waals surface area contributed by atoms with E-state index in [0.717, 1.165) is 38.3 Å². The third-order valence-electron chi connectivity index (χ3n) is 5.08. The molecule has 1 fully saturated rings. The van der Waals surface area contributed by atoms with E-state index in [0.29, 0.717) is 13.1 Å². The van der Waals surface area contributed by atoms with Gasteiger partial charge in [0.1, 0.15) is 0 Å². The third kappa shape index (κ3) is 5.79. The van der Waals surface area contributed by atoms with Crippen LogP contribution in [0.5, 0.6) is 0 Å². The standard InChI is InChI=1S/C21H30N4OS/c1-22(2)19-8-6-18(7-9-19)15-23(3)21(26)17-25-12-10-24(11-13-25)16-20-5-4-14-27-20/h4-9,14H,10-13,15-17H2,1-3H3. The second-order valence-electron chi connectivity index (χ2n) is 7.44. The molecule has 5 nitrogen and oxygen atoms in total. The monoisotopic (exact) mass is 386 g/mol. The first kappa shape index (κ1) is 19.9. The lowest BCUT2D eigenvalue weighted by molar-refractivity contribution is -0.132. The molecule has 2 heterocycles. The maximum atomic E-state index is 12.6. The summed E-state index contributed by atoms with van der Waals surface area (Å²) >= 11 is 1.82. The number of anilines is 1. The maximum absolute atomic E-state index is 12.6. The van der Waals surface area contributed by atoms with Crippen LogP contribution in [-0.2, 0) is 17.9 Å². The number of likely N-dealkylation sites (N-methyl/N-ethyl adjacent to an activating group) is 1. The van der Waals surface area contributed by atoms with Gasteiger partial charge in [0.15, 0.2) is 0 Å². The van der Waals surface area contributed by atoms with E-state index in [1.807, 2.05) is 37.4 Å². The van der Waals surface area contributed by atoms with Crippen molar-refractivity contribution in [1.29, 1.82) is 0 Å². The first-order valence-electron chi connectivity index (χ1n) is 9.48. The molecule has 0 bridgehead atoms. The number of carbonyl (C=O) groups is 1. The normalized spacial score (nSPS) is 15.7. The van der Waals surface area contributed by atoms with Crippen LogP contribution in [0, 0.1) is 0 Å². The number of hydrogen-bond acceptors (Lipinski definition) is 5. The number of amides is 1. The van der Waals surface area contributed by atoms with E-state index >= 15 is 0 Å². The van der Waals surface area contributed by atoms with E-state index < -0.39 is 0 Å². The summed E-state index contributed by atoms with van der Waals surface area (Å²) in [4.78, 5) is 22.7. The van der Waals surface area contributed by atoms with Crippen LogP contribution < -0.4 is 4.90 Å². The number of carbonyl (C=O) groups excluding carboxylic acids is 1. The molecule has 0 radical (unpaired) electrons. The van der Waals surface area contributed by atoms with Gasteiger partial charge >= 0.3 is 0 Å². The zero-order valence-corrected chi connectivity index (χ0v) is 17.4. The lowest BCUT2D eigenvalue weighted by Crippen LogP contribution is -2.49. The first-order chi connectivity index (χ1) is 13.0. The van der Waals surface area contributed by atoms with Crippen molar-refractivity contribution in [1.82, 2.24) is 14.7 Å². The lowest BCUT2D eigenvalue weighted by atomic mass is 10.2. The van der Waals surface area contributed by atoms with Gasteiger partial charge in [0.05, 0.1) is 6.54 Å². The van der Waals surface area contributed by atoms with Gasteiger partial charge in [-0.3, -0.25) is 14.6 Å². The summed E-state index contributed by atoms with van der Waals surface area (Å²) in [5.41, 5.74) is 2.34. The highest BCUT2D eigenvalue weighted by molar-refractivity contribution is 7.09. The zero-order chi connectivity index (χ0) is 19.2.